The molecule has 7 heteroatoms. The lowest BCUT2D eigenvalue weighted by Crippen LogP contribution is -2.34. The molecule has 1 aliphatic carbocycles. The van der Waals surface area contributed by atoms with Crippen LogP contribution in [0.2, 0.25) is 0 Å². The maximum absolute atomic E-state index is 13.4. The van der Waals surface area contributed by atoms with Gasteiger partial charge >= 0.3 is 6.03 Å². The first-order valence-electron chi connectivity index (χ1n) is 8.98. The number of halogens is 1. The molecule has 3 rings (SSSR count). The fourth-order valence-electron chi connectivity index (χ4n) is 3.32. The number of aryl methyl sites for hydroxylation is 1. The zero-order valence-electron chi connectivity index (χ0n) is 15.3. The Hall–Kier alpha value is -2.41. The number of hydrogen-bond donors (Lipinski definition) is 2. The van der Waals surface area contributed by atoms with Gasteiger partial charge in [0.05, 0.1) is 21.9 Å². The molecule has 2 N–H and O–H groups in total. The number of carbonyl (C=O) groups is 1. The molecule has 0 bridgehead atoms. The highest BCUT2D eigenvalue weighted by molar-refractivity contribution is 7.92. The summed E-state index contributed by atoms with van der Waals surface area (Å²) in [7, 11) is -3.52. The number of para-hydroxylation sites is 1. The Balaban J connectivity index is 1.79. The molecule has 5 nitrogen and oxygen atoms in total. The lowest BCUT2D eigenvalue weighted by molar-refractivity contribution is 0.247. The van der Waals surface area contributed by atoms with Gasteiger partial charge in [0.25, 0.3) is 0 Å². The second kappa shape index (κ2) is 7.68. The molecule has 2 amide bonds. The Morgan fingerprint density at radius 3 is 2.67 bits per heavy atom. The third kappa shape index (κ3) is 4.13. The summed E-state index contributed by atoms with van der Waals surface area (Å²) < 4.78 is 38.5. The number of fused-ring (bicyclic) bond motifs is 1. The zero-order chi connectivity index (χ0) is 19.6. The molecule has 0 spiro atoms. The molecule has 0 saturated carbocycles. The average molecular weight is 390 g/mol. The first-order valence-corrected chi connectivity index (χ1v) is 10.5. The van der Waals surface area contributed by atoms with Crippen molar-refractivity contribution in [3.8, 4) is 0 Å². The zero-order valence-corrected chi connectivity index (χ0v) is 16.1. The van der Waals surface area contributed by atoms with E-state index in [1.807, 2.05) is 0 Å². The average Bonchev–Trinajstić information content (AvgIpc) is 2.61. The molecule has 1 unspecified atom stereocenters. The van der Waals surface area contributed by atoms with Gasteiger partial charge in [-0.25, -0.2) is 17.6 Å². The van der Waals surface area contributed by atoms with Crippen LogP contribution in [0.25, 0.3) is 0 Å². The summed E-state index contributed by atoms with van der Waals surface area (Å²) in [5, 5.41) is 4.95. The SMILES string of the molecule is CC(C)S(=O)(=O)c1ccccc1NC(=O)NC1CCCc2cc(F)ccc21. The van der Waals surface area contributed by atoms with E-state index in [0.29, 0.717) is 0 Å². The van der Waals surface area contributed by atoms with Crippen molar-refractivity contribution in [3.63, 3.8) is 0 Å². The highest BCUT2D eigenvalue weighted by Gasteiger charge is 2.25. The number of sulfone groups is 1. The second-order valence-corrected chi connectivity index (χ2v) is 9.45. The molecule has 2 aromatic carbocycles. The van der Waals surface area contributed by atoms with E-state index in [2.05, 4.69) is 10.6 Å². The van der Waals surface area contributed by atoms with Crippen LogP contribution in [0.3, 0.4) is 0 Å². The van der Waals surface area contributed by atoms with E-state index in [4.69, 9.17) is 0 Å². The van der Waals surface area contributed by atoms with Gasteiger partial charge in [0.1, 0.15) is 5.82 Å². The third-order valence-electron chi connectivity index (χ3n) is 4.79. The van der Waals surface area contributed by atoms with Crippen LogP contribution in [-0.2, 0) is 16.3 Å². The van der Waals surface area contributed by atoms with E-state index in [1.54, 1.807) is 38.1 Å². The first kappa shape index (κ1) is 19.4. The minimum absolute atomic E-state index is 0.0984. The Bertz CT molecular complexity index is 957. The van der Waals surface area contributed by atoms with Crippen LogP contribution in [0.4, 0.5) is 14.9 Å². The molecule has 1 atom stereocenters. The van der Waals surface area contributed by atoms with E-state index < -0.39 is 21.1 Å². The Kier molecular flexibility index (Phi) is 5.51. The van der Waals surface area contributed by atoms with Crippen LogP contribution in [0.15, 0.2) is 47.4 Å². The van der Waals surface area contributed by atoms with Crippen LogP contribution < -0.4 is 10.6 Å². The predicted octanol–water partition coefficient (Wildman–Crippen LogP) is 4.21. The van der Waals surface area contributed by atoms with Crippen molar-refractivity contribution in [1.29, 1.82) is 0 Å². The van der Waals surface area contributed by atoms with Crippen molar-refractivity contribution in [1.82, 2.24) is 5.32 Å². The summed E-state index contributed by atoms with van der Waals surface area (Å²) in [5.74, 6) is -0.285. The van der Waals surface area contributed by atoms with Crippen molar-refractivity contribution < 1.29 is 17.6 Å². The number of hydrogen-bond acceptors (Lipinski definition) is 3. The van der Waals surface area contributed by atoms with E-state index in [0.717, 1.165) is 30.4 Å². The normalized spacial score (nSPS) is 16.7. The van der Waals surface area contributed by atoms with Gasteiger partial charge in [-0.05, 0) is 68.5 Å². The molecule has 0 saturated heterocycles. The molecule has 0 aliphatic heterocycles. The summed E-state index contributed by atoms with van der Waals surface area (Å²) >= 11 is 0. The lowest BCUT2D eigenvalue weighted by atomic mass is 9.88. The molecule has 2 aromatic rings. The Labute approximate surface area is 158 Å². The highest BCUT2D eigenvalue weighted by atomic mass is 32.2. The molecular weight excluding hydrogens is 367 g/mol. The van der Waals surface area contributed by atoms with Gasteiger partial charge in [-0.3, -0.25) is 0 Å². The topological polar surface area (TPSA) is 75.3 Å². The van der Waals surface area contributed by atoms with Crippen molar-refractivity contribution >= 4 is 21.6 Å². The fraction of sp³-hybridized carbons (Fsp3) is 0.350. The molecular formula is C20H23FN2O3S. The number of rotatable bonds is 4. The number of urea groups is 1. The standard InChI is InChI=1S/C20H23FN2O3S/c1-13(2)27(25,26)19-9-4-3-7-18(19)23-20(24)22-17-8-5-6-14-12-15(21)10-11-16(14)17/h3-4,7,9-13,17H,5-6,8H2,1-2H3,(H2,22,23,24). The number of amides is 2. The van der Waals surface area contributed by atoms with E-state index >= 15 is 0 Å². The Morgan fingerprint density at radius 2 is 1.93 bits per heavy atom. The van der Waals surface area contributed by atoms with Crippen molar-refractivity contribution in [2.24, 2.45) is 0 Å². The molecule has 0 radical (unpaired) electrons. The smallest absolute Gasteiger partial charge is 0.319 e. The minimum atomic E-state index is -3.52. The quantitative estimate of drug-likeness (QED) is 0.821. The summed E-state index contributed by atoms with van der Waals surface area (Å²) in [6.45, 7) is 3.20. The molecule has 0 aromatic heterocycles. The maximum atomic E-state index is 13.4. The summed E-state index contributed by atoms with van der Waals surface area (Å²) in [6, 6.07) is 10.2. The van der Waals surface area contributed by atoms with Gasteiger partial charge in [-0.1, -0.05) is 18.2 Å². The maximum Gasteiger partial charge on any atom is 0.319 e. The van der Waals surface area contributed by atoms with Gasteiger partial charge in [-0.2, -0.15) is 0 Å². The molecule has 0 heterocycles. The predicted molar refractivity (Wildman–Crippen MR) is 103 cm³/mol. The van der Waals surface area contributed by atoms with Crippen LogP contribution in [0.1, 0.15) is 43.9 Å². The van der Waals surface area contributed by atoms with Crippen LogP contribution >= 0.6 is 0 Å². The largest absolute Gasteiger partial charge is 0.331 e. The highest BCUT2D eigenvalue weighted by Crippen LogP contribution is 2.30. The van der Waals surface area contributed by atoms with Gasteiger partial charge in [0.2, 0.25) is 0 Å². The molecule has 27 heavy (non-hydrogen) atoms. The fourth-order valence-corrected chi connectivity index (χ4v) is 4.52. The van der Waals surface area contributed by atoms with Gasteiger partial charge in [-0.15, -0.1) is 0 Å². The number of anilines is 1. The van der Waals surface area contributed by atoms with Gasteiger partial charge in [0.15, 0.2) is 9.84 Å². The number of carbonyl (C=O) groups excluding carboxylic acids is 1. The van der Waals surface area contributed by atoms with Crippen LogP contribution in [0, 0.1) is 5.82 Å². The second-order valence-electron chi connectivity index (χ2n) is 6.98. The van der Waals surface area contributed by atoms with Crippen molar-refractivity contribution in [2.75, 3.05) is 5.32 Å². The van der Waals surface area contributed by atoms with Crippen molar-refractivity contribution in [2.45, 2.75) is 49.3 Å². The van der Waals surface area contributed by atoms with Gasteiger partial charge < -0.3 is 10.6 Å². The molecule has 144 valence electrons. The van der Waals surface area contributed by atoms with E-state index in [9.17, 15) is 17.6 Å². The summed E-state index contributed by atoms with van der Waals surface area (Å²) in [5.41, 5.74) is 2.05. The lowest BCUT2D eigenvalue weighted by Gasteiger charge is -2.26. The summed E-state index contributed by atoms with van der Waals surface area (Å²) in [6.07, 6.45) is 2.38. The first-order chi connectivity index (χ1) is 12.8. The van der Waals surface area contributed by atoms with E-state index in [-0.39, 0.29) is 22.4 Å². The number of benzene rings is 2. The monoisotopic (exact) mass is 390 g/mol. The van der Waals surface area contributed by atoms with Crippen LogP contribution in [-0.4, -0.2) is 19.7 Å². The minimum Gasteiger partial charge on any atom is -0.331 e. The van der Waals surface area contributed by atoms with Crippen LogP contribution in [0.5, 0.6) is 0 Å². The van der Waals surface area contributed by atoms with E-state index in [1.165, 1.54) is 18.2 Å². The molecule has 1 aliphatic rings. The summed E-state index contributed by atoms with van der Waals surface area (Å²) in [4.78, 5) is 12.6. The third-order valence-corrected chi connectivity index (χ3v) is 7.00. The van der Waals surface area contributed by atoms with Gasteiger partial charge in [0, 0.05) is 0 Å². The van der Waals surface area contributed by atoms with Crippen molar-refractivity contribution in [3.05, 3.63) is 59.4 Å². The Morgan fingerprint density at radius 1 is 1.19 bits per heavy atom. The molecule has 0 fully saturated rings. The number of nitrogens with one attached hydrogen (secondary N) is 2.